The number of nitrogens with zero attached hydrogens (tertiary/aromatic N) is 2. The summed E-state index contributed by atoms with van der Waals surface area (Å²) in [6.45, 7) is 8.19. The Hall–Kier alpha value is -2.30. The molecule has 1 aliphatic heterocycles. The summed E-state index contributed by atoms with van der Waals surface area (Å²) in [6.07, 6.45) is 2.38. The van der Waals surface area contributed by atoms with Gasteiger partial charge in [-0.2, -0.15) is 0 Å². The number of methoxy groups -OCH3 is 1. The first kappa shape index (κ1) is 19.0. The molecule has 1 aliphatic rings. The molecule has 0 spiro atoms. The van der Waals surface area contributed by atoms with Gasteiger partial charge in [0.1, 0.15) is 5.75 Å². The van der Waals surface area contributed by atoms with Crippen molar-refractivity contribution in [2.75, 3.05) is 33.3 Å². The van der Waals surface area contributed by atoms with E-state index in [1.807, 2.05) is 54.8 Å². The van der Waals surface area contributed by atoms with E-state index in [4.69, 9.17) is 4.74 Å². The molecule has 0 radical (unpaired) electrons. The summed E-state index contributed by atoms with van der Waals surface area (Å²) in [7, 11) is 1.65. The van der Waals surface area contributed by atoms with Crippen LogP contribution in [0.25, 0.3) is 0 Å². The molecule has 1 aromatic rings. The molecule has 5 nitrogen and oxygen atoms in total. The first-order chi connectivity index (χ1) is 11.9. The lowest BCUT2D eigenvalue weighted by Gasteiger charge is -2.35. The van der Waals surface area contributed by atoms with E-state index in [1.54, 1.807) is 13.2 Å². The Bertz CT molecular complexity index is 644. The predicted molar refractivity (Wildman–Crippen MR) is 98.5 cm³/mol. The van der Waals surface area contributed by atoms with Gasteiger partial charge in [-0.05, 0) is 25.0 Å². The van der Waals surface area contributed by atoms with E-state index in [-0.39, 0.29) is 17.7 Å². The quantitative estimate of drug-likeness (QED) is 0.771. The van der Waals surface area contributed by atoms with Gasteiger partial charge in [-0.1, -0.05) is 37.6 Å². The fourth-order valence-corrected chi connectivity index (χ4v) is 3.01. The third-order valence-electron chi connectivity index (χ3n) is 4.43. The highest BCUT2D eigenvalue weighted by Crippen LogP contribution is 2.20. The second-order valence-electron chi connectivity index (χ2n) is 6.78. The van der Waals surface area contributed by atoms with Crippen molar-refractivity contribution in [2.24, 2.45) is 5.92 Å². The van der Waals surface area contributed by atoms with Crippen LogP contribution in [-0.4, -0.2) is 54.9 Å². The van der Waals surface area contributed by atoms with Crippen LogP contribution in [0.5, 0.6) is 5.75 Å². The molecular weight excluding hydrogens is 316 g/mol. The largest absolute Gasteiger partial charge is 0.496 e. The van der Waals surface area contributed by atoms with E-state index in [9.17, 15) is 9.59 Å². The second-order valence-corrected chi connectivity index (χ2v) is 6.78. The van der Waals surface area contributed by atoms with Crippen molar-refractivity contribution in [3.05, 3.63) is 41.5 Å². The van der Waals surface area contributed by atoms with Gasteiger partial charge in [0.15, 0.2) is 0 Å². The smallest absolute Gasteiger partial charge is 0.246 e. The number of carbonyl (C=O) groups is 2. The summed E-state index contributed by atoms with van der Waals surface area (Å²) in [6, 6.07) is 7.84. The van der Waals surface area contributed by atoms with Gasteiger partial charge < -0.3 is 14.5 Å². The topological polar surface area (TPSA) is 49.9 Å². The number of hydrogen-bond donors (Lipinski definition) is 0. The van der Waals surface area contributed by atoms with Crippen LogP contribution < -0.4 is 4.74 Å². The van der Waals surface area contributed by atoms with Crippen molar-refractivity contribution < 1.29 is 14.3 Å². The Morgan fingerprint density at radius 1 is 1.12 bits per heavy atom. The van der Waals surface area contributed by atoms with Crippen LogP contribution in [-0.2, 0) is 16.0 Å². The molecule has 1 aromatic carbocycles. The monoisotopic (exact) mass is 344 g/mol. The zero-order valence-electron chi connectivity index (χ0n) is 15.6. The van der Waals surface area contributed by atoms with Gasteiger partial charge in [-0.3, -0.25) is 9.59 Å². The van der Waals surface area contributed by atoms with Gasteiger partial charge in [0.05, 0.1) is 7.11 Å². The van der Waals surface area contributed by atoms with Gasteiger partial charge in [-0.25, -0.2) is 0 Å². The molecule has 0 bridgehead atoms. The Morgan fingerprint density at radius 2 is 1.72 bits per heavy atom. The number of piperazine rings is 1. The maximum atomic E-state index is 12.5. The second kappa shape index (κ2) is 8.70. The summed E-state index contributed by atoms with van der Waals surface area (Å²) in [5, 5.41) is 0. The van der Waals surface area contributed by atoms with Gasteiger partial charge in [0.2, 0.25) is 11.8 Å². The Labute approximate surface area is 150 Å². The van der Waals surface area contributed by atoms with Crippen LogP contribution in [0.2, 0.25) is 0 Å². The van der Waals surface area contributed by atoms with Crippen molar-refractivity contribution in [3.8, 4) is 5.75 Å². The normalized spacial score (nSPS) is 15.5. The molecule has 0 N–H and O–H groups in total. The van der Waals surface area contributed by atoms with Crippen molar-refractivity contribution in [2.45, 2.75) is 27.2 Å². The molecule has 0 aliphatic carbocycles. The first-order valence-electron chi connectivity index (χ1n) is 8.79. The third kappa shape index (κ3) is 5.08. The predicted octanol–water partition coefficient (Wildman–Crippen LogP) is 2.51. The van der Waals surface area contributed by atoms with Crippen molar-refractivity contribution in [1.29, 1.82) is 0 Å². The molecule has 0 saturated carbocycles. The number of hydrogen-bond acceptors (Lipinski definition) is 3. The van der Waals surface area contributed by atoms with E-state index in [2.05, 4.69) is 0 Å². The molecule has 1 heterocycles. The molecule has 0 aromatic heterocycles. The highest BCUT2D eigenvalue weighted by molar-refractivity contribution is 5.88. The zero-order chi connectivity index (χ0) is 18.4. The van der Waals surface area contributed by atoms with E-state index in [0.717, 1.165) is 16.9 Å². The van der Waals surface area contributed by atoms with Crippen LogP contribution >= 0.6 is 0 Å². The summed E-state index contributed by atoms with van der Waals surface area (Å²) in [5.74, 6) is 1.02. The highest BCUT2D eigenvalue weighted by Gasteiger charge is 2.24. The van der Waals surface area contributed by atoms with E-state index in [1.165, 1.54) is 0 Å². The molecule has 1 saturated heterocycles. The first-order valence-corrected chi connectivity index (χ1v) is 8.79. The molecule has 2 rings (SSSR count). The Kier molecular flexibility index (Phi) is 6.62. The molecule has 25 heavy (non-hydrogen) atoms. The van der Waals surface area contributed by atoms with Crippen molar-refractivity contribution in [3.63, 3.8) is 0 Å². The average molecular weight is 344 g/mol. The number of benzene rings is 1. The lowest BCUT2D eigenvalue weighted by atomic mass is 10.0. The minimum absolute atomic E-state index is 0.00486. The molecule has 5 heteroatoms. The van der Waals surface area contributed by atoms with Crippen molar-refractivity contribution >= 4 is 11.8 Å². The highest BCUT2D eigenvalue weighted by atomic mass is 16.5. The SMILES string of the molecule is COc1ccccc1C/C(C)=C/C(=O)N1CCN(C(=O)C(C)C)CC1. The van der Waals surface area contributed by atoms with Crippen LogP contribution in [0, 0.1) is 5.92 Å². The van der Waals surface area contributed by atoms with Crippen LogP contribution in [0.4, 0.5) is 0 Å². The van der Waals surface area contributed by atoms with Gasteiger partial charge in [0.25, 0.3) is 0 Å². The van der Waals surface area contributed by atoms with Crippen LogP contribution in [0.3, 0.4) is 0 Å². The molecular formula is C20H28N2O3. The van der Waals surface area contributed by atoms with E-state index < -0.39 is 0 Å². The molecule has 0 unspecified atom stereocenters. The van der Waals surface area contributed by atoms with Crippen LogP contribution in [0.1, 0.15) is 26.3 Å². The number of amides is 2. The third-order valence-corrected chi connectivity index (χ3v) is 4.43. The molecule has 136 valence electrons. The van der Waals surface area contributed by atoms with E-state index >= 15 is 0 Å². The molecule has 0 atom stereocenters. The lowest BCUT2D eigenvalue weighted by molar-refractivity contribution is -0.139. The number of ether oxygens (including phenoxy) is 1. The Morgan fingerprint density at radius 3 is 2.32 bits per heavy atom. The number of carbonyl (C=O) groups excluding carboxylic acids is 2. The summed E-state index contributed by atoms with van der Waals surface area (Å²) >= 11 is 0. The fraction of sp³-hybridized carbons (Fsp3) is 0.500. The number of allylic oxidation sites excluding steroid dienone is 1. The summed E-state index contributed by atoms with van der Waals surface area (Å²) < 4.78 is 5.36. The zero-order valence-corrected chi connectivity index (χ0v) is 15.6. The lowest BCUT2D eigenvalue weighted by Crippen LogP contribution is -2.51. The molecule has 1 fully saturated rings. The molecule has 2 amide bonds. The van der Waals surface area contributed by atoms with Crippen LogP contribution in [0.15, 0.2) is 35.9 Å². The minimum Gasteiger partial charge on any atom is -0.496 e. The number of rotatable bonds is 5. The van der Waals surface area contributed by atoms with Gasteiger partial charge in [0, 0.05) is 38.2 Å². The maximum Gasteiger partial charge on any atom is 0.246 e. The standard InChI is InChI=1S/C20H28N2O3/c1-15(2)20(24)22-11-9-21(10-12-22)19(23)14-16(3)13-17-7-5-6-8-18(17)25-4/h5-8,14-15H,9-13H2,1-4H3/b16-14+. The average Bonchev–Trinajstić information content (AvgIpc) is 2.61. The summed E-state index contributed by atoms with van der Waals surface area (Å²) in [5.41, 5.74) is 2.06. The van der Waals surface area contributed by atoms with Crippen molar-refractivity contribution in [1.82, 2.24) is 9.80 Å². The summed E-state index contributed by atoms with van der Waals surface area (Å²) in [4.78, 5) is 28.2. The van der Waals surface area contributed by atoms with Gasteiger partial charge in [-0.15, -0.1) is 0 Å². The Balaban J connectivity index is 1.93. The maximum absolute atomic E-state index is 12.5. The fourth-order valence-electron chi connectivity index (χ4n) is 3.01. The van der Waals surface area contributed by atoms with Gasteiger partial charge >= 0.3 is 0 Å². The number of para-hydroxylation sites is 1. The minimum atomic E-state index is 0.00486. The van der Waals surface area contributed by atoms with E-state index in [0.29, 0.717) is 32.6 Å².